The van der Waals surface area contributed by atoms with Crippen molar-refractivity contribution in [2.24, 2.45) is 0 Å². The minimum absolute atomic E-state index is 0.000869. The topological polar surface area (TPSA) is 178 Å². The zero-order valence-electron chi connectivity index (χ0n) is 22.1. The van der Waals surface area contributed by atoms with E-state index in [2.05, 4.69) is 15.4 Å². The van der Waals surface area contributed by atoms with E-state index >= 15 is 0 Å². The minimum Gasteiger partial charge on any atom is -0.508 e. The van der Waals surface area contributed by atoms with Crippen molar-refractivity contribution in [1.29, 1.82) is 5.26 Å². The number of hydrogen-bond donors (Lipinski definition) is 4. The molecule has 0 aliphatic heterocycles. The number of nitrogens with one attached hydrogen (secondary N) is 2. The Labute approximate surface area is 226 Å². The smallest absolute Gasteiger partial charge is 0.408 e. The second-order valence-corrected chi connectivity index (χ2v) is 9.49. The van der Waals surface area contributed by atoms with Crippen LogP contribution in [0.2, 0.25) is 0 Å². The van der Waals surface area contributed by atoms with E-state index in [1.165, 1.54) is 36.4 Å². The highest BCUT2D eigenvalue weighted by Crippen LogP contribution is 2.26. The molecule has 0 aliphatic rings. The number of aromatic hydroxyl groups is 2. The average molecular weight is 541 g/mol. The summed E-state index contributed by atoms with van der Waals surface area (Å²) in [5.41, 5.74) is -0.162. The van der Waals surface area contributed by atoms with Crippen LogP contribution < -0.4 is 10.6 Å². The van der Waals surface area contributed by atoms with Crippen molar-refractivity contribution in [2.75, 3.05) is 20.2 Å². The number of esters is 1. The Morgan fingerprint density at radius 2 is 1.72 bits per heavy atom. The number of nitrogens with zero attached hydrogens (tertiary/aromatic N) is 2. The number of benzene rings is 2. The summed E-state index contributed by atoms with van der Waals surface area (Å²) < 4.78 is 9.86. The molecule has 0 aromatic heterocycles. The fourth-order valence-corrected chi connectivity index (χ4v) is 3.59. The summed E-state index contributed by atoms with van der Waals surface area (Å²) in [4.78, 5) is 52.4. The Kier molecular flexibility index (Phi) is 10.7. The molecular weight excluding hydrogens is 508 g/mol. The maximum Gasteiger partial charge on any atom is 0.408 e. The molecule has 0 aliphatic carbocycles. The molecule has 0 saturated carbocycles. The van der Waals surface area contributed by atoms with Gasteiger partial charge in [0.1, 0.15) is 42.3 Å². The van der Waals surface area contributed by atoms with Crippen LogP contribution in [0.15, 0.2) is 48.5 Å². The molecule has 0 bridgehead atoms. The number of nitriles is 1. The first-order valence-electron chi connectivity index (χ1n) is 11.9. The van der Waals surface area contributed by atoms with Crippen molar-refractivity contribution < 1.29 is 38.9 Å². The van der Waals surface area contributed by atoms with Crippen LogP contribution in [0, 0.1) is 11.3 Å². The van der Waals surface area contributed by atoms with Gasteiger partial charge in [-0.3, -0.25) is 14.4 Å². The molecule has 0 heterocycles. The maximum absolute atomic E-state index is 13.9. The zero-order valence-corrected chi connectivity index (χ0v) is 22.1. The van der Waals surface area contributed by atoms with E-state index in [4.69, 9.17) is 4.74 Å². The second kappa shape index (κ2) is 13.7. The van der Waals surface area contributed by atoms with Crippen molar-refractivity contribution in [3.8, 4) is 17.6 Å². The number of carbonyl (C=O) groups excluding carboxylic acids is 4. The lowest BCUT2D eigenvalue weighted by Crippen LogP contribution is -2.54. The first kappa shape index (κ1) is 30.4. The van der Waals surface area contributed by atoms with Crippen LogP contribution in [0.3, 0.4) is 0 Å². The van der Waals surface area contributed by atoms with Gasteiger partial charge in [-0.25, -0.2) is 4.79 Å². The monoisotopic (exact) mass is 540 g/mol. The molecular formula is C27H32N4O8. The van der Waals surface area contributed by atoms with Crippen LogP contribution in [-0.2, 0) is 30.3 Å². The van der Waals surface area contributed by atoms with Gasteiger partial charge in [0.15, 0.2) is 0 Å². The lowest BCUT2D eigenvalue weighted by molar-refractivity contribution is -0.144. The summed E-state index contributed by atoms with van der Waals surface area (Å²) in [7, 11) is 1.14. The lowest BCUT2D eigenvalue weighted by Gasteiger charge is -2.33. The Balaban J connectivity index is 2.52. The number of ether oxygens (including phenoxy) is 2. The van der Waals surface area contributed by atoms with E-state index < -0.39 is 54.7 Å². The van der Waals surface area contributed by atoms with Crippen molar-refractivity contribution in [1.82, 2.24) is 15.5 Å². The molecule has 2 atom stereocenters. The van der Waals surface area contributed by atoms with Gasteiger partial charge in [-0.1, -0.05) is 24.3 Å². The molecule has 2 aromatic rings. The SMILES string of the molecule is COC(=O)CNC(=O)C(c1cccc(O)c1)N(CC#N)C(=O)C(Cc1ccc(O)cc1)NC(=O)OC(C)(C)C. The molecule has 0 radical (unpaired) electrons. The Bertz CT molecular complexity index is 1220. The van der Waals surface area contributed by atoms with Gasteiger partial charge in [0.25, 0.3) is 0 Å². The lowest BCUT2D eigenvalue weighted by atomic mass is 10.00. The number of amides is 3. The average Bonchev–Trinajstić information content (AvgIpc) is 2.86. The van der Waals surface area contributed by atoms with Crippen molar-refractivity contribution in [3.05, 3.63) is 59.7 Å². The van der Waals surface area contributed by atoms with E-state index in [1.54, 1.807) is 32.9 Å². The van der Waals surface area contributed by atoms with Crippen molar-refractivity contribution >= 4 is 23.9 Å². The molecule has 0 saturated heterocycles. The third kappa shape index (κ3) is 9.55. The number of phenolic OH excluding ortho intramolecular Hbond substituents is 2. The number of carbonyl (C=O) groups is 4. The molecule has 4 N–H and O–H groups in total. The number of hydrogen-bond acceptors (Lipinski definition) is 9. The Hall–Kier alpha value is -4.79. The molecule has 39 heavy (non-hydrogen) atoms. The zero-order chi connectivity index (χ0) is 29.2. The summed E-state index contributed by atoms with van der Waals surface area (Å²) in [6.07, 6.45) is -0.975. The van der Waals surface area contributed by atoms with Crippen LogP contribution in [0.5, 0.6) is 11.5 Å². The highest BCUT2D eigenvalue weighted by molar-refractivity contribution is 5.93. The minimum atomic E-state index is -1.46. The van der Waals surface area contributed by atoms with E-state index in [0.29, 0.717) is 5.56 Å². The molecule has 12 nitrogen and oxygen atoms in total. The molecule has 0 spiro atoms. The summed E-state index contributed by atoms with van der Waals surface area (Å²) in [5.74, 6) is -2.57. The van der Waals surface area contributed by atoms with Crippen molar-refractivity contribution in [3.63, 3.8) is 0 Å². The van der Waals surface area contributed by atoms with Crippen LogP contribution in [-0.4, -0.2) is 70.8 Å². The standard InChI is InChI=1S/C27H32N4O8/c1-27(2,3)39-26(37)30-21(14-17-8-10-19(32)11-9-17)25(36)31(13-12-28)23(18-6-5-7-20(33)15-18)24(35)29-16-22(34)38-4/h5-11,15,21,23,32-33H,13-14,16H2,1-4H3,(H,29,35)(H,30,37). The summed E-state index contributed by atoms with van der Waals surface area (Å²) >= 11 is 0. The maximum atomic E-state index is 13.9. The van der Waals surface area contributed by atoms with Gasteiger partial charge in [-0.15, -0.1) is 0 Å². The molecule has 0 fully saturated rings. The summed E-state index contributed by atoms with van der Waals surface area (Å²) in [5, 5.41) is 34.1. The largest absolute Gasteiger partial charge is 0.508 e. The van der Waals surface area contributed by atoms with Gasteiger partial charge in [0.05, 0.1) is 13.2 Å². The van der Waals surface area contributed by atoms with Gasteiger partial charge in [0, 0.05) is 6.42 Å². The summed E-state index contributed by atoms with van der Waals surface area (Å²) in [6.45, 7) is 3.86. The van der Waals surface area contributed by atoms with Gasteiger partial charge in [0.2, 0.25) is 11.8 Å². The van der Waals surface area contributed by atoms with Gasteiger partial charge < -0.3 is 35.2 Å². The van der Waals surface area contributed by atoms with E-state index in [1.807, 2.05) is 6.07 Å². The van der Waals surface area contributed by atoms with Crippen LogP contribution in [0.1, 0.15) is 37.9 Å². The predicted molar refractivity (Wildman–Crippen MR) is 138 cm³/mol. The number of phenols is 2. The van der Waals surface area contributed by atoms with E-state index in [-0.39, 0.29) is 23.5 Å². The number of alkyl carbamates (subject to hydrolysis) is 1. The van der Waals surface area contributed by atoms with E-state index in [9.17, 15) is 34.7 Å². The fourth-order valence-electron chi connectivity index (χ4n) is 3.59. The fraction of sp³-hybridized carbons (Fsp3) is 0.370. The Morgan fingerprint density at radius 3 is 2.28 bits per heavy atom. The van der Waals surface area contributed by atoms with Gasteiger partial charge >= 0.3 is 12.1 Å². The third-order valence-corrected chi connectivity index (χ3v) is 5.27. The molecule has 3 amide bonds. The van der Waals surface area contributed by atoms with Crippen LogP contribution >= 0.6 is 0 Å². The molecule has 12 heteroatoms. The molecule has 2 unspecified atom stereocenters. The van der Waals surface area contributed by atoms with Crippen LogP contribution in [0.25, 0.3) is 0 Å². The highest BCUT2D eigenvalue weighted by Gasteiger charge is 2.36. The first-order valence-corrected chi connectivity index (χ1v) is 11.9. The first-order chi connectivity index (χ1) is 18.3. The summed E-state index contributed by atoms with van der Waals surface area (Å²) in [6, 6.07) is 10.5. The molecule has 208 valence electrons. The second-order valence-electron chi connectivity index (χ2n) is 9.49. The van der Waals surface area contributed by atoms with E-state index in [0.717, 1.165) is 12.0 Å². The molecule has 2 rings (SSSR count). The number of methoxy groups -OCH3 is 1. The van der Waals surface area contributed by atoms with Crippen molar-refractivity contribution in [2.45, 2.75) is 44.9 Å². The van der Waals surface area contributed by atoms with Gasteiger partial charge in [-0.2, -0.15) is 5.26 Å². The van der Waals surface area contributed by atoms with Crippen LogP contribution in [0.4, 0.5) is 4.79 Å². The Morgan fingerprint density at radius 1 is 1.05 bits per heavy atom. The normalized spacial score (nSPS) is 12.3. The predicted octanol–water partition coefficient (Wildman–Crippen LogP) is 1.92. The third-order valence-electron chi connectivity index (χ3n) is 5.27. The highest BCUT2D eigenvalue weighted by atomic mass is 16.6. The quantitative estimate of drug-likeness (QED) is 0.259. The number of rotatable bonds is 10. The van der Waals surface area contributed by atoms with Gasteiger partial charge in [-0.05, 0) is 56.2 Å². The molecule has 2 aromatic carbocycles.